The van der Waals surface area contributed by atoms with E-state index in [-0.39, 0.29) is 24.3 Å². The number of aromatic nitrogens is 2. The zero-order valence-corrected chi connectivity index (χ0v) is 20.8. The highest BCUT2D eigenvalue weighted by atomic mass is 32.2. The molecule has 3 N–H and O–H groups in total. The molecule has 0 saturated carbocycles. The van der Waals surface area contributed by atoms with Crippen molar-refractivity contribution in [3.8, 4) is 11.1 Å². The molecule has 1 heterocycles. The lowest BCUT2D eigenvalue weighted by Gasteiger charge is -2.17. The van der Waals surface area contributed by atoms with E-state index in [0.717, 1.165) is 15.7 Å². The number of amides is 1. The van der Waals surface area contributed by atoms with Gasteiger partial charge in [-0.15, -0.1) is 0 Å². The van der Waals surface area contributed by atoms with E-state index in [9.17, 15) is 22.8 Å². The fourth-order valence-electron chi connectivity index (χ4n) is 4.15. The minimum Gasteiger partial charge on any atom is -0.296 e. The second-order valence-corrected chi connectivity index (χ2v) is 10.2. The second-order valence-electron chi connectivity index (χ2n) is 8.50. The Hall–Kier alpha value is -4.06. The van der Waals surface area contributed by atoms with E-state index >= 15 is 0 Å². The minimum absolute atomic E-state index is 0.0426. The summed E-state index contributed by atoms with van der Waals surface area (Å²) in [7, 11) is -2.56. The maximum absolute atomic E-state index is 13.0. The summed E-state index contributed by atoms with van der Waals surface area (Å²) in [6.07, 6.45) is 0.0389. The van der Waals surface area contributed by atoms with Crippen LogP contribution in [0.2, 0.25) is 0 Å². The molecule has 10 nitrogen and oxygen atoms in total. The molecule has 0 bridgehead atoms. The quantitative estimate of drug-likeness (QED) is 0.227. The Bertz CT molecular complexity index is 1650. The summed E-state index contributed by atoms with van der Waals surface area (Å²) in [5.41, 5.74) is 2.73. The van der Waals surface area contributed by atoms with E-state index in [2.05, 4.69) is 4.72 Å². The number of rotatable bonds is 9. The molecule has 1 aromatic heterocycles. The fraction of sp³-hybridized carbons (Fsp3) is 0.192. The predicted molar refractivity (Wildman–Crippen MR) is 139 cm³/mol. The van der Waals surface area contributed by atoms with E-state index in [1.165, 1.54) is 22.2 Å². The number of hydrogen-bond acceptors (Lipinski definition) is 6. The van der Waals surface area contributed by atoms with Gasteiger partial charge in [0, 0.05) is 13.6 Å². The number of aryl methyl sites for hydroxylation is 1. The lowest BCUT2D eigenvalue weighted by atomic mass is 10.1. The van der Waals surface area contributed by atoms with Crippen molar-refractivity contribution in [2.75, 3.05) is 0 Å². The molecule has 0 fully saturated rings. The van der Waals surface area contributed by atoms with Crippen molar-refractivity contribution >= 4 is 26.8 Å². The average molecular weight is 523 g/mol. The first kappa shape index (κ1) is 26.0. The van der Waals surface area contributed by atoms with Gasteiger partial charge in [0.25, 0.3) is 11.5 Å². The number of carbonyl (C=O) groups is 1. The number of sulfonamides is 1. The molecule has 1 amide bonds. The average Bonchev–Trinajstić information content (AvgIpc) is 2.93. The molecule has 1 unspecified atom stereocenters. The Balaban J connectivity index is 1.50. The maximum Gasteiger partial charge on any atom is 0.331 e. The first-order valence-electron chi connectivity index (χ1n) is 11.5. The SMILES string of the molecule is Cn1c(=O)n(CCCC(NS(=O)(=O)c2ccc(-c3ccccc3)cc2)C(=O)NO)c(=O)c2ccccc21. The highest BCUT2D eigenvalue weighted by Crippen LogP contribution is 2.21. The number of fused-ring (bicyclic) bond motifs is 1. The van der Waals surface area contributed by atoms with Gasteiger partial charge < -0.3 is 0 Å². The summed E-state index contributed by atoms with van der Waals surface area (Å²) in [5.74, 6) is -0.955. The van der Waals surface area contributed by atoms with Gasteiger partial charge in [-0.2, -0.15) is 4.72 Å². The Labute approximate surface area is 212 Å². The highest BCUT2D eigenvalue weighted by Gasteiger charge is 2.25. The number of carbonyl (C=O) groups excluding carboxylic acids is 1. The van der Waals surface area contributed by atoms with Crippen molar-refractivity contribution < 1.29 is 18.4 Å². The molecular weight excluding hydrogens is 496 g/mol. The Kier molecular flexibility index (Phi) is 7.67. The second kappa shape index (κ2) is 10.9. The molecular formula is C26H26N4O6S. The van der Waals surface area contributed by atoms with Crippen molar-refractivity contribution in [3.05, 3.63) is 99.7 Å². The molecule has 37 heavy (non-hydrogen) atoms. The van der Waals surface area contributed by atoms with Crippen LogP contribution in [0.5, 0.6) is 0 Å². The summed E-state index contributed by atoms with van der Waals surface area (Å²) in [5, 5.41) is 9.52. The van der Waals surface area contributed by atoms with Crippen LogP contribution < -0.4 is 21.5 Å². The first-order chi connectivity index (χ1) is 17.7. The Morgan fingerprint density at radius 3 is 2.22 bits per heavy atom. The zero-order valence-electron chi connectivity index (χ0n) is 20.0. The zero-order chi connectivity index (χ0) is 26.6. The number of nitrogens with one attached hydrogen (secondary N) is 2. The van der Waals surface area contributed by atoms with Crippen molar-refractivity contribution in [1.82, 2.24) is 19.3 Å². The first-order valence-corrected chi connectivity index (χ1v) is 13.0. The molecule has 0 aliphatic carbocycles. The van der Waals surface area contributed by atoms with Gasteiger partial charge in [0.2, 0.25) is 10.0 Å². The smallest absolute Gasteiger partial charge is 0.296 e. The van der Waals surface area contributed by atoms with Gasteiger partial charge in [-0.05, 0) is 48.2 Å². The number of nitrogens with zero attached hydrogens (tertiary/aromatic N) is 2. The monoisotopic (exact) mass is 522 g/mol. The Morgan fingerprint density at radius 1 is 0.919 bits per heavy atom. The van der Waals surface area contributed by atoms with Crippen LogP contribution in [0.3, 0.4) is 0 Å². The van der Waals surface area contributed by atoms with Gasteiger partial charge in [0.1, 0.15) is 6.04 Å². The maximum atomic E-state index is 13.0. The van der Waals surface area contributed by atoms with Gasteiger partial charge in [-0.3, -0.25) is 23.9 Å². The predicted octanol–water partition coefficient (Wildman–Crippen LogP) is 2.00. The molecule has 0 aliphatic rings. The van der Waals surface area contributed by atoms with E-state index in [0.29, 0.717) is 10.9 Å². The van der Waals surface area contributed by atoms with E-state index < -0.39 is 33.2 Å². The van der Waals surface area contributed by atoms with Crippen LogP contribution in [0.15, 0.2) is 93.3 Å². The molecule has 0 radical (unpaired) electrons. The van der Waals surface area contributed by atoms with E-state index in [1.54, 1.807) is 43.4 Å². The standard InChI is InChI=1S/C26H26N4O6S/c1-29-23-12-6-5-10-21(23)25(32)30(26(29)33)17-7-11-22(24(31)27-34)28-37(35,36)20-15-13-19(14-16-20)18-8-3-2-4-9-18/h2-6,8-10,12-16,22,28,34H,7,11,17H2,1H3,(H,27,31). The minimum atomic E-state index is -4.12. The number of hydroxylamine groups is 1. The Morgan fingerprint density at radius 2 is 1.54 bits per heavy atom. The third-order valence-corrected chi connectivity index (χ3v) is 7.62. The summed E-state index contributed by atoms with van der Waals surface area (Å²) < 4.78 is 30.6. The van der Waals surface area contributed by atoms with Gasteiger partial charge in [0.05, 0.1) is 15.8 Å². The van der Waals surface area contributed by atoms with Crippen molar-refractivity contribution in [2.24, 2.45) is 7.05 Å². The van der Waals surface area contributed by atoms with E-state index in [1.807, 2.05) is 30.3 Å². The van der Waals surface area contributed by atoms with Gasteiger partial charge in [0.15, 0.2) is 0 Å². The van der Waals surface area contributed by atoms with Crippen LogP contribution in [0.25, 0.3) is 22.0 Å². The van der Waals surface area contributed by atoms with Crippen LogP contribution in [-0.4, -0.2) is 34.7 Å². The third kappa shape index (κ3) is 5.53. The van der Waals surface area contributed by atoms with Crippen molar-refractivity contribution in [1.29, 1.82) is 0 Å². The largest absolute Gasteiger partial charge is 0.331 e. The molecule has 0 spiro atoms. The van der Waals surface area contributed by atoms with Gasteiger partial charge >= 0.3 is 5.69 Å². The lowest BCUT2D eigenvalue weighted by Crippen LogP contribution is -2.46. The molecule has 192 valence electrons. The topological polar surface area (TPSA) is 140 Å². The van der Waals surface area contributed by atoms with Gasteiger partial charge in [-0.25, -0.2) is 18.7 Å². The van der Waals surface area contributed by atoms with Crippen LogP contribution in [0.4, 0.5) is 0 Å². The third-order valence-electron chi connectivity index (χ3n) is 6.13. The molecule has 0 aliphatic heterocycles. The molecule has 4 aromatic rings. The summed E-state index contributed by atoms with van der Waals surface area (Å²) in [4.78, 5) is 37.7. The fourth-order valence-corrected chi connectivity index (χ4v) is 5.38. The van der Waals surface area contributed by atoms with E-state index in [4.69, 9.17) is 5.21 Å². The van der Waals surface area contributed by atoms with Crippen LogP contribution >= 0.6 is 0 Å². The lowest BCUT2D eigenvalue weighted by molar-refractivity contribution is -0.131. The number of hydrogen-bond donors (Lipinski definition) is 3. The van der Waals surface area contributed by atoms with Crippen molar-refractivity contribution in [3.63, 3.8) is 0 Å². The molecule has 0 saturated heterocycles. The van der Waals surface area contributed by atoms with Crippen LogP contribution in [-0.2, 0) is 28.4 Å². The number of benzene rings is 3. The normalized spacial score (nSPS) is 12.4. The van der Waals surface area contributed by atoms with Crippen molar-refractivity contribution in [2.45, 2.75) is 30.3 Å². The number of para-hydroxylation sites is 1. The van der Waals surface area contributed by atoms with Crippen LogP contribution in [0.1, 0.15) is 12.8 Å². The molecule has 4 rings (SSSR count). The summed E-state index contributed by atoms with van der Waals surface area (Å²) in [6.45, 7) is -0.0426. The highest BCUT2D eigenvalue weighted by molar-refractivity contribution is 7.89. The molecule has 3 aromatic carbocycles. The molecule has 1 atom stereocenters. The summed E-state index contributed by atoms with van der Waals surface area (Å²) >= 11 is 0. The molecule has 11 heteroatoms. The van der Waals surface area contributed by atoms with Gasteiger partial charge in [-0.1, -0.05) is 54.6 Å². The van der Waals surface area contributed by atoms with Crippen LogP contribution in [0, 0.1) is 0 Å². The summed E-state index contributed by atoms with van der Waals surface area (Å²) in [6, 6.07) is 21.0.